The number of aromatic nitrogens is 2. The standard InChI is InChI=1S/C18H15FN4/c19-15-8-6-14(7-9-15)12-23-18(21)16(11-20)17(22-23)10-13-4-2-1-3-5-13/h1-9H,10,12,21H2. The molecule has 4 nitrogen and oxygen atoms in total. The van der Waals surface area contributed by atoms with Gasteiger partial charge in [0.05, 0.1) is 12.2 Å². The van der Waals surface area contributed by atoms with Crippen molar-refractivity contribution in [2.24, 2.45) is 0 Å². The number of nitrogens with zero attached hydrogens (tertiary/aromatic N) is 3. The fourth-order valence-corrected chi connectivity index (χ4v) is 2.44. The number of rotatable bonds is 4. The Labute approximate surface area is 133 Å². The van der Waals surface area contributed by atoms with E-state index in [1.54, 1.807) is 16.8 Å². The third kappa shape index (κ3) is 3.22. The van der Waals surface area contributed by atoms with Gasteiger partial charge in [0.15, 0.2) is 0 Å². The number of hydrogen-bond donors (Lipinski definition) is 1. The summed E-state index contributed by atoms with van der Waals surface area (Å²) in [7, 11) is 0. The van der Waals surface area contributed by atoms with Gasteiger partial charge in [0.25, 0.3) is 0 Å². The maximum atomic E-state index is 13.0. The number of hydrogen-bond acceptors (Lipinski definition) is 3. The lowest BCUT2D eigenvalue weighted by atomic mass is 10.1. The summed E-state index contributed by atoms with van der Waals surface area (Å²) in [6.07, 6.45) is 0.546. The molecule has 0 saturated heterocycles. The first-order chi connectivity index (χ1) is 11.2. The van der Waals surface area contributed by atoms with E-state index in [2.05, 4.69) is 11.2 Å². The van der Waals surface area contributed by atoms with Crippen LogP contribution in [0.2, 0.25) is 0 Å². The van der Waals surface area contributed by atoms with Gasteiger partial charge in [0, 0.05) is 6.42 Å². The molecule has 0 unspecified atom stereocenters. The second kappa shape index (κ2) is 6.32. The van der Waals surface area contributed by atoms with Crippen LogP contribution in [0.1, 0.15) is 22.4 Å². The van der Waals surface area contributed by atoms with E-state index in [-0.39, 0.29) is 5.82 Å². The number of nitrogens with two attached hydrogens (primary N) is 1. The van der Waals surface area contributed by atoms with Crippen molar-refractivity contribution in [3.63, 3.8) is 0 Å². The summed E-state index contributed by atoms with van der Waals surface area (Å²) >= 11 is 0. The first-order valence-corrected chi connectivity index (χ1v) is 7.21. The Hall–Kier alpha value is -3.13. The van der Waals surface area contributed by atoms with E-state index < -0.39 is 0 Å². The molecule has 0 aliphatic carbocycles. The average molecular weight is 306 g/mol. The normalized spacial score (nSPS) is 10.4. The largest absolute Gasteiger partial charge is 0.383 e. The molecular weight excluding hydrogens is 291 g/mol. The maximum Gasteiger partial charge on any atom is 0.140 e. The minimum absolute atomic E-state index is 0.287. The molecule has 114 valence electrons. The van der Waals surface area contributed by atoms with Crippen molar-refractivity contribution in [2.45, 2.75) is 13.0 Å². The van der Waals surface area contributed by atoms with E-state index in [9.17, 15) is 9.65 Å². The van der Waals surface area contributed by atoms with Gasteiger partial charge in [-0.05, 0) is 23.3 Å². The lowest BCUT2D eigenvalue weighted by Crippen LogP contribution is -2.06. The zero-order chi connectivity index (χ0) is 16.2. The molecule has 5 heteroatoms. The lowest BCUT2D eigenvalue weighted by molar-refractivity contribution is 0.624. The third-order valence-corrected chi connectivity index (χ3v) is 3.64. The smallest absolute Gasteiger partial charge is 0.140 e. The second-order valence-corrected chi connectivity index (χ2v) is 5.27. The van der Waals surface area contributed by atoms with Crippen molar-refractivity contribution >= 4 is 5.82 Å². The van der Waals surface area contributed by atoms with Crippen molar-refractivity contribution in [3.8, 4) is 6.07 Å². The van der Waals surface area contributed by atoms with Crippen LogP contribution in [-0.4, -0.2) is 9.78 Å². The molecule has 0 spiro atoms. The fourth-order valence-electron chi connectivity index (χ4n) is 2.44. The van der Waals surface area contributed by atoms with Gasteiger partial charge < -0.3 is 5.73 Å². The fraction of sp³-hybridized carbons (Fsp3) is 0.111. The van der Waals surface area contributed by atoms with Crippen molar-refractivity contribution in [1.82, 2.24) is 9.78 Å². The highest BCUT2D eigenvalue weighted by Crippen LogP contribution is 2.20. The third-order valence-electron chi connectivity index (χ3n) is 3.64. The Kier molecular flexibility index (Phi) is 4.07. The molecule has 0 aliphatic rings. The number of nitriles is 1. The topological polar surface area (TPSA) is 67.6 Å². The predicted molar refractivity (Wildman–Crippen MR) is 86.1 cm³/mol. The monoisotopic (exact) mass is 306 g/mol. The van der Waals surface area contributed by atoms with Gasteiger partial charge in [0.1, 0.15) is 23.3 Å². The van der Waals surface area contributed by atoms with Crippen LogP contribution >= 0.6 is 0 Å². The van der Waals surface area contributed by atoms with Crippen LogP contribution in [0.15, 0.2) is 54.6 Å². The minimum atomic E-state index is -0.287. The van der Waals surface area contributed by atoms with Crippen molar-refractivity contribution in [1.29, 1.82) is 5.26 Å². The van der Waals surface area contributed by atoms with Crippen molar-refractivity contribution in [3.05, 3.63) is 82.8 Å². The number of nitrogen functional groups attached to an aromatic ring is 1. The van der Waals surface area contributed by atoms with Gasteiger partial charge in [-0.1, -0.05) is 42.5 Å². The van der Waals surface area contributed by atoms with E-state index in [0.29, 0.717) is 30.0 Å². The van der Waals surface area contributed by atoms with Gasteiger partial charge in [-0.15, -0.1) is 0 Å². The van der Waals surface area contributed by atoms with Gasteiger partial charge in [-0.25, -0.2) is 9.07 Å². The summed E-state index contributed by atoms with van der Waals surface area (Å²) < 4.78 is 14.6. The summed E-state index contributed by atoms with van der Waals surface area (Å²) in [5.74, 6) is 0.0485. The van der Waals surface area contributed by atoms with Crippen LogP contribution in [0.4, 0.5) is 10.2 Å². The Bertz CT molecular complexity index is 845. The first-order valence-electron chi connectivity index (χ1n) is 7.21. The molecule has 23 heavy (non-hydrogen) atoms. The molecule has 1 heterocycles. The van der Waals surface area contributed by atoms with Crippen LogP contribution in [0.5, 0.6) is 0 Å². The van der Waals surface area contributed by atoms with E-state index in [1.807, 2.05) is 30.3 Å². The Morgan fingerprint density at radius 1 is 1.04 bits per heavy atom. The van der Waals surface area contributed by atoms with Crippen LogP contribution in [0.3, 0.4) is 0 Å². The average Bonchev–Trinajstić information content (AvgIpc) is 2.85. The van der Waals surface area contributed by atoms with Gasteiger partial charge in [-0.2, -0.15) is 10.4 Å². The molecule has 1 aromatic heterocycles. The summed E-state index contributed by atoms with van der Waals surface area (Å²) in [5, 5.41) is 13.8. The second-order valence-electron chi connectivity index (χ2n) is 5.27. The zero-order valence-electron chi connectivity index (χ0n) is 12.4. The molecule has 0 fully saturated rings. The van der Waals surface area contributed by atoms with E-state index in [4.69, 9.17) is 5.73 Å². The first kappa shape index (κ1) is 14.8. The summed E-state index contributed by atoms with van der Waals surface area (Å²) in [5.41, 5.74) is 9.04. The maximum absolute atomic E-state index is 13.0. The number of anilines is 1. The molecule has 0 bridgehead atoms. The molecule has 3 rings (SSSR count). The van der Waals surface area contributed by atoms with Crippen LogP contribution in [0.25, 0.3) is 0 Å². The van der Waals surface area contributed by atoms with Crippen LogP contribution in [0, 0.1) is 17.1 Å². The molecule has 0 saturated carbocycles. The molecular formula is C18H15FN4. The van der Waals surface area contributed by atoms with Crippen molar-refractivity contribution in [2.75, 3.05) is 5.73 Å². The zero-order valence-corrected chi connectivity index (χ0v) is 12.4. The summed E-state index contributed by atoms with van der Waals surface area (Å²) in [6.45, 7) is 0.398. The minimum Gasteiger partial charge on any atom is -0.383 e. The molecule has 2 N–H and O–H groups in total. The summed E-state index contributed by atoms with van der Waals surface area (Å²) in [6, 6.07) is 18.1. The molecule has 2 aromatic carbocycles. The quantitative estimate of drug-likeness (QED) is 0.805. The molecule has 3 aromatic rings. The van der Waals surface area contributed by atoms with Crippen LogP contribution < -0.4 is 5.73 Å². The molecule has 0 aliphatic heterocycles. The highest BCUT2D eigenvalue weighted by Gasteiger charge is 2.16. The van der Waals surface area contributed by atoms with E-state index in [0.717, 1.165) is 11.1 Å². The van der Waals surface area contributed by atoms with E-state index >= 15 is 0 Å². The van der Waals surface area contributed by atoms with Crippen molar-refractivity contribution < 1.29 is 4.39 Å². The van der Waals surface area contributed by atoms with Crippen LogP contribution in [-0.2, 0) is 13.0 Å². The van der Waals surface area contributed by atoms with E-state index in [1.165, 1.54) is 12.1 Å². The Balaban J connectivity index is 1.90. The summed E-state index contributed by atoms with van der Waals surface area (Å²) in [4.78, 5) is 0. The highest BCUT2D eigenvalue weighted by atomic mass is 19.1. The Morgan fingerprint density at radius 2 is 1.74 bits per heavy atom. The highest BCUT2D eigenvalue weighted by molar-refractivity contribution is 5.53. The SMILES string of the molecule is N#Cc1c(Cc2ccccc2)nn(Cc2ccc(F)cc2)c1N. The number of halogens is 1. The number of benzene rings is 2. The molecule has 0 atom stereocenters. The molecule has 0 amide bonds. The predicted octanol–water partition coefficient (Wildman–Crippen LogP) is 3.12. The Morgan fingerprint density at radius 3 is 2.39 bits per heavy atom. The van der Waals surface area contributed by atoms with Gasteiger partial charge >= 0.3 is 0 Å². The van der Waals surface area contributed by atoms with Gasteiger partial charge in [0.2, 0.25) is 0 Å². The molecule has 0 radical (unpaired) electrons. The van der Waals surface area contributed by atoms with Gasteiger partial charge in [-0.3, -0.25) is 0 Å². The lowest BCUT2D eigenvalue weighted by Gasteiger charge is -2.04.